The quantitative estimate of drug-likeness (QED) is 0.396. The Bertz CT molecular complexity index is 1510. The van der Waals surface area contributed by atoms with E-state index in [0.717, 1.165) is 19.0 Å². The molecule has 0 aliphatic carbocycles. The Balaban J connectivity index is 1.92. The van der Waals surface area contributed by atoms with E-state index < -0.39 is 12.0 Å². The second-order valence-electron chi connectivity index (χ2n) is 8.26. The predicted molar refractivity (Wildman–Crippen MR) is 142 cm³/mol. The van der Waals surface area contributed by atoms with Crippen molar-refractivity contribution in [2.75, 3.05) is 38.8 Å². The number of benzene rings is 1. The summed E-state index contributed by atoms with van der Waals surface area (Å²) < 4.78 is 24.3. The molecule has 0 spiro atoms. The smallest absolute Gasteiger partial charge is 0.338 e. The molecule has 0 radical (unpaired) electrons. The van der Waals surface area contributed by atoms with Crippen LogP contribution in [0.3, 0.4) is 0 Å². The van der Waals surface area contributed by atoms with Gasteiger partial charge >= 0.3 is 5.97 Å². The fraction of sp³-hybridized carbons (Fsp3) is 0.370. The summed E-state index contributed by atoms with van der Waals surface area (Å²) in [5, 5.41) is 0. The molecule has 0 saturated heterocycles. The molecule has 2 aromatic heterocycles. The van der Waals surface area contributed by atoms with Crippen molar-refractivity contribution in [2.45, 2.75) is 33.7 Å². The van der Waals surface area contributed by atoms with E-state index in [2.05, 4.69) is 23.7 Å². The maximum atomic E-state index is 13.8. The van der Waals surface area contributed by atoms with E-state index in [0.29, 0.717) is 37.9 Å². The summed E-state index contributed by atoms with van der Waals surface area (Å²) in [6, 6.07) is 8.22. The van der Waals surface area contributed by atoms with Gasteiger partial charge in [0.2, 0.25) is 0 Å². The van der Waals surface area contributed by atoms with E-state index in [4.69, 9.17) is 18.6 Å². The fourth-order valence-corrected chi connectivity index (χ4v) is 5.41. The van der Waals surface area contributed by atoms with Crippen LogP contribution in [-0.4, -0.2) is 44.5 Å². The fourth-order valence-electron chi connectivity index (χ4n) is 4.38. The van der Waals surface area contributed by atoms with Crippen molar-refractivity contribution in [2.24, 2.45) is 4.99 Å². The van der Waals surface area contributed by atoms with Gasteiger partial charge in [0.25, 0.3) is 5.56 Å². The van der Waals surface area contributed by atoms with E-state index in [-0.39, 0.29) is 17.7 Å². The Morgan fingerprint density at radius 2 is 1.92 bits per heavy atom. The van der Waals surface area contributed by atoms with Crippen molar-refractivity contribution in [3.05, 3.63) is 72.6 Å². The van der Waals surface area contributed by atoms with Gasteiger partial charge in [0.15, 0.2) is 10.7 Å². The minimum absolute atomic E-state index is 0.194. The highest BCUT2D eigenvalue weighted by Crippen LogP contribution is 2.37. The third-order valence-corrected chi connectivity index (χ3v) is 7.20. The molecule has 3 heterocycles. The first-order valence-corrected chi connectivity index (χ1v) is 12.9. The van der Waals surface area contributed by atoms with Crippen LogP contribution in [0.15, 0.2) is 55.8 Å². The van der Waals surface area contributed by atoms with Crippen LogP contribution in [0.4, 0.5) is 5.88 Å². The largest absolute Gasteiger partial charge is 0.497 e. The predicted octanol–water partition coefficient (Wildman–Crippen LogP) is 3.25. The average Bonchev–Trinajstić information content (AvgIpc) is 3.48. The van der Waals surface area contributed by atoms with Crippen LogP contribution in [0.5, 0.6) is 11.5 Å². The number of allylic oxidation sites excluding steroid dienone is 1. The zero-order chi connectivity index (χ0) is 26.7. The number of carbonyl (C=O) groups is 1. The molecular formula is C27H31N3O6S. The highest BCUT2D eigenvalue weighted by molar-refractivity contribution is 7.07. The Kier molecular flexibility index (Phi) is 7.87. The number of carbonyl (C=O) groups excluding carboxylic acids is 1. The van der Waals surface area contributed by atoms with Gasteiger partial charge in [0, 0.05) is 36.9 Å². The number of esters is 1. The lowest BCUT2D eigenvalue weighted by Crippen LogP contribution is -2.40. The summed E-state index contributed by atoms with van der Waals surface area (Å²) in [5.41, 5.74) is 1.10. The molecule has 1 atom stereocenters. The number of nitrogens with zero attached hydrogens (tertiary/aromatic N) is 3. The van der Waals surface area contributed by atoms with Crippen molar-refractivity contribution in [3.8, 4) is 11.5 Å². The van der Waals surface area contributed by atoms with Crippen LogP contribution >= 0.6 is 11.3 Å². The summed E-state index contributed by atoms with van der Waals surface area (Å²) >= 11 is 1.24. The average molecular weight is 526 g/mol. The normalized spacial score (nSPS) is 15.3. The molecule has 0 unspecified atom stereocenters. The van der Waals surface area contributed by atoms with E-state index in [1.165, 1.54) is 23.0 Å². The van der Waals surface area contributed by atoms with Crippen LogP contribution in [0.1, 0.15) is 45.1 Å². The molecule has 0 N–H and O–H groups in total. The van der Waals surface area contributed by atoms with Crippen molar-refractivity contribution < 1.29 is 23.4 Å². The third kappa shape index (κ3) is 4.93. The Labute approximate surface area is 218 Å². The number of furan rings is 1. The summed E-state index contributed by atoms with van der Waals surface area (Å²) in [6.07, 6.45) is 1.71. The molecule has 3 aromatic rings. The number of rotatable bonds is 9. The number of hydrogen-bond donors (Lipinski definition) is 0. The Morgan fingerprint density at radius 1 is 1.16 bits per heavy atom. The minimum Gasteiger partial charge on any atom is -0.497 e. The summed E-state index contributed by atoms with van der Waals surface area (Å²) in [5.74, 6) is 1.84. The number of hydrogen-bond acceptors (Lipinski definition) is 9. The molecule has 9 nitrogen and oxygen atoms in total. The topological polar surface area (TPSA) is 95.5 Å². The van der Waals surface area contributed by atoms with Crippen molar-refractivity contribution in [1.82, 2.24) is 4.57 Å². The van der Waals surface area contributed by atoms with Crippen molar-refractivity contribution in [1.29, 1.82) is 0 Å². The highest BCUT2D eigenvalue weighted by atomic mass is 32.1. The van der Waals surface area contributed by atoms with Gasteiger partial charge in [-0.05, 0) is 45.9 Å². The lowest BCUT2D eigenvalue weighted by Gasteiger charge is -2.26. The number of fused-ring (bicyclic) bond motifs is 1. The molecule has 10 heteroatoms. The first-order valence-electron chi connectivity index (χ1n) is 12.1. The molecule has 0 saturated carbocycles. The molecule has 37 heavy (non-hydrogen) atoms. The molecule has 0 amide bonds. The van der Waals surface area contributed by atoms with Gasteiger partial charge in [-0.25, -0.2) is 9.79 Å². The highest BCUT2D eigenvalue weighted by Gasteiger charge is 2.35. The SMILES string of the molecule is CCOC(=O)C1=C(C)N=c2s/c(=C/c3ccc(N(CC)CC)o3)c(=O)n2[C@@H]1c1ccc(OC)cc1OC. The summed E-state index contributed by atoms with van der Waals surface area (Å²) in [6.45, 7) is 9.41. The second kappa shape index (κ2) is 11.1. The molecule has 4 rings (SSSR count). The first-order chi connectivity index (χ1) is 17.9. The minimum atomic E-state index is -0.791. The Hall–Kier alpha value is -3.79. The van der Waals surface area contributed by atoms with Crippen molar-refractivity contribution in [3.63, 3.8) is 0 Å². The maximum Gasteiger partial charge on any atom is 0.338 e. The molecule has 196 valence electrons. The maximum absolute atomic E-state index is 13.8. The number of anilines is 1. The van der Waals surface area contributed by atoms with E-state index in [1.54, 1.807) is 45.2 Å². The van der Waals surface area contributed by atoms with Crippen LogP contribution in [0.2, 0.25) is 0 Å². The third-order valence-electron chi connectivity index (χ3n) is 6.21. The van der Waals surface area contributed by atoms with Gasteiger partial charge < -0.3 is 23.5 Å². The van der Waals surface area contributed by atoms with Crippen LogP contribution in [-0.2, 0) is 9.53 Å². The molecule has 1 aromatic carbocycles. The molecule has 1 aliphatic heterocycles. The van der Waals surface area contributed by atoms with Gasteiger partial charge in [0.1, 0.15) is 23.3 Å². The summed E-state index contributed by atoms with van der Waals surface area (Å²) in [7, 11) is 3.10. The van der Waals surface area contributed by atoms with E-state index >= 15 is 0 Å². The van der Waals surface area contributed by atoms with E-state index in [1.807, 2.05) is 12.1 Å². The lowest BCUT2D eigenvalue weighted by molar-refractivity contribution is -0.139. The molecular weight excluding hydrogens is 494 g/mol. The monoisotopic (exact) mass is 525 g/mol. The zero-order valence-electron chi connectivity index (χ0n) is 21.9. The van der Waals surface area contributed by atoms with Crippen LogP contribution in [0, 0.1) is 0 Å². The van der Waals surface area contributed by atoms with Gasteiger partial charge in [-0.2, -0.15) is 0 Å². The van der Waals surface area contributed by atoms with Crippen molar-refractivity contribution >= 4 is 29.3 Å². The van der Waals surface area contributed by atoms with Crippen LogP contribution < -0.4 is 29.3 Å². The zero-order valence-corrected chi connectivity index (χ0v) is 22.7. The number of methoxy groups -OCH3 is 2. The molecule has 0 bridgehead atoms. The van der Waals surface area contributed by atoms with E-state index in [9.17, 15) is 9.59 Å². The number of ether oxygens (including phenoxy) is 3. The number of aromatic nitrogens is 1. The van der Waals surface area contributed by atoms with Gasteiger partial charge in [0.05, 0.1) is 36.6 Å². The Morgan fingerprint density at radius 3 is 2.57 bits per heavy atom. The van der Waals surface area contributed by atoms with Crippen LogP contribution in [0.25, 0.3) is 6.08 Å². The lowest BCUT2D eigenvalue weighted by atomic mass is 9.95. The molecule has 0 fully saturated rings. The standard InChI is InChI=1S/C27H31N3O6S/c1-7-29(8-2)22-13-11-18(36-22)15-21-25(31)30-24(19-12-10-17(33-5)14-20(19)34-6)23(26(32)35-9-3)16(4)28-27(30)37-21/h10-15,24H,7-9H2,1-6H3/b21-15+/t24-/m1/s1. The summed E-state index contributed by atoms with van der Waals surface area (Å²) in [4.78, 5) is 34.1. The number of thiazole rings is 1. The second-order valence-corrected chi connectivity index (χ2v) is 9.27. The van der Waals surface area contributed by atoms with Gasteiger partial charge in [-0.3, -0.25) is 9.36 Å². The van der Waals surface area contributed by atoms with Gasteiger partial charge in [-0.15, -0.1) is 0 Å². The van der Waals surface area contributed by atoms with Gasteiger partial charge in [-0.1, -0.05) is 11.3 Å². The first kappa shape index (κ1) is 26.3. The molecule has 1 aliphatic rings.